The third-order valence-corrected chi connectivity index (χ3v) is 2.01. The average molecular weight is 174 g/mol. The molecular weight excluding hydrogens is 156 g/mol. The second-order valence-corrected chi connectivity index (χ2v) is 3.22. The van der Waals surface area contributed by atoms with Gasteiger partial charge in [0.15, 0.2) is 0 Å². The highest BCUT2D eigenvalue weighted by Crippen LogP contribution is 2.01. The molecular formula is C13H18. The monoisotopic (exact) mass is 174 g/mol. The number of hydrogen-bond donors (Lipinski definition) is 0. The molecule has 0 amide bonds. The maximum Gasteiger partial charge on any atom is -0.0313 e. The van der Waals surface area contributed by atoms with Crippen molar-refractivity contribution in [1.29, 1.82) is 0 Å². The van der Waals surface area contributed by atoms with Crippen molar-refractivity contribution in [3.8, 4) is 0 Å². The smallest absolute Gasteiger partial charge is 0.0313 e. The molecule has 1 aliphatic rings. The van der Waals surface area contributed by atoms with Gasteiger partial charge >= 0.3 is 0 Å². The van der Waals surface area contributed by atoms with Crippen LogP contribution >= 0.6 is 0 Å². The molecule has 0 saturated carbocycles. The van der Waals surface area contributed by atoms with E-state index < -0.39 is 0 Å². The molecule has 0 nitrogen and oxygen atoms in total. The summed E-state index contributed by atoms with van der Waals surface area (Å²) in [6.45, 7) is 0. The zero-order chi connectivity index (χ0) is 9.19. The molecule has 0 atom stereocenters. The minimum Gasteiger partial charge on any atom is -0.0885 e. The molecule has 1 aliphatic carbocycles. The molecule has 0 radical (unpaired) electrons. The quantitative estimate of drug-likeness (QED) is 0.483. The van der Waals surface area contributed by atoms with E-state index in [0.717, 1.165) is 6.42 Å². The second kappa shape index (κ2) is 7.60. The van der Waals surface area contributed by atoms with Crippen molar-refractivity contribution in [3.05, 3.63) is 48.6 Å². The lowest BCUT2D eigenvalue weighted by Gasteiger charge is -1.89. The summed E-state index contributed by atoms with van der Waals surface area (Å²) in [6.07, 6.45) is 23.5. The summed E-state index contributed by atoms with van der Waals surface area (Å²) in [5.74, 6) is 0. The van der Waals surface area contributed by atoms with Crippen molar-refractivity contribution >= 4 is 0 Å². The van der Waals surface area contributed by atoms with E-state index in [1.54, 1.807) is 0 Å². The molecule has 0 heterocycles. The van der Waals surface area contributed by atoms with Crippen LogP contribution in [0.5, 0.6) is 0 Å². The topological polar surface area (TPSA) is 0 Å². The standard InChI is InChI=1S/C13H18/c1-2-4-6-8-10-12-13-11-9-7-5-3-1/h1-6,11,13H,7-10,12H2/b2-1-,5-3?,6-4+,13-11-. The van der Waals surface area contributed by atoms with Gasteiger partial charge in [0, 0.05) is 0 Å². The third-order valence-electron chi connectivity index (χ3n) is 2.01. The largest absolute Gasteiger partial charge is 0.0885 e. The lowest BCUT2D eigenvalue weighted by atomic mass is 10.2. The Morgan fingerprint density at radius 1 is 0.462 bits per heavy atom. The van der Waals surface area contributed by atoms with Crippen molar-refractivity contribution in [2.24, 2.45) is 0 Å². The third kappa shape index (κ3) is 6.15. The van der Waals surface area contributed by atoms with E-state index >= 15 is 0 Å². The highest BCUT2D eigenvalue weighted by molar-refractivity contribution is 5.11. The van der Waals surface area contributed by atoms with Gasteiger partial charge in [-0.25, -0.2) is 0 Å². The lowest BCUT2D eigenvalue weighted by molar-refractivity contribution is 0.863. The molecule has 0 aromatic heterocycles. The van der Waals surface area contributed by atoms with Crippen LogP contribution in [-0.4, -0.2) is 0 Å². The van der Waals surface area contributed by atoms with Crippen LogP contribution in [0.15, 0.2) is 48.6 Å². The molecule has 1 rings (SSSR count). The summed E-state index contributed by atoms with van der Waals surface area (Å²) in [7, 11) is 0. The molecule has 0 N–H and O–H groups in total. The van der Waals surface area contributed by atoms with Crippen LogP contribution < -0.4 is 0 Å². The summed E-state index contributed by atoms with van der Waals surface area (Å²) in [5.41, 5.74) is 0. The van der Waals surface area contributed by atoms with Crippen molar-refractivity contribution in [1.82, 2.24) is 0 Å². The second-order valence-electron chi connectivity index (χ2n) is 3.22. The van der Waals surface area contributed by atoms with E-state index in [2.05, 4.69) is 48.6 Å². The summed E-state index contributed by atoms with van der Waals surface area (Å²) >= 11 is 0. The maximum atomic E-state index is 2.30. The predicted molar refractivity (Wildman–Crippen MR) is 59.6 cm³/mol. The number of rotatable bonds is 0. The van der Waals surface area contributed by atoms with Crippen molar-refractivity contribution in [2.75, 3.05) is 0 Å². The van der Waals surface area contributed by atoms with E-state index in [1.807, 2.05) is 0 Å². The molecule has 70 valence electrons. The fraction of sp³-hybridized carbons (Fsp3) is 0.385. The van der Waals surface area contributed by atoms with Gasteiger partial charge in [-0.05, 0) is 32.1 Å². The van der Waals surface area contributed by atoms with Crippen LogP contribution in [-0.2, 0) is 0 Å². The van der Waals surface area contributed by atoms with Crippen LogP contribution in [0.1, 0.15) is 32.1 Å². The molecule has 0 fully saturated rings. The van der Waals surface area contributed by atoms with Crippen LogP contribution in [0.3, 0.4) is 0 Å². The molecule has 0 bridgehead atoms. The zero-order valence-electron chi connectivity index (χ0n) is 8.15. The highest BCUT2D eigenvalue weighted by atomic mass is 13.9. The maximum absolute atomic E-state index is 2.30. The Morgan fingerprint density at radius 2 is 1.00 bits per heavy atom. The minimum absolute atomic E-state index is 1.16. The zero-order valence-corrected chi connectivity index (χ0v) is 8.15. The average Bonchev–Trinajstić information content (AvgIpc) is 2.18. The van der Waals surface area contributed by atoms with E-state index in [-0.39, 0.29) is 0 Å². The Bertz CT molecular complexity index is 216. The van der Waals surface area contributed by atoms with Gasteiger partial charge in [0.05, 0.1) is 0 Å². The van der Waals surface area contributed by atoms with Gasteiger partial charge in [-0.3, -0.25) is 0 Å². The van der Waals surface area contributed by atoms with E-state index in [0.29, 0.717) is 0 Å². The first-order valence-electron chi connectivity index (χ1n) is 5.13. The first kappa shape index (κ1) is 10.0. The van der Waals surface area contributed by atoms with Crippen LogP contribution in [0.25, 0.3) is 0 Å². The summed E-state index contributed by atoms with van der Waals surface area (Å²) < 4.78 is 0. The number of allylic oxidation sites excluding steroid dienone is 8. The van der Waals surface area contributed by atoms with E-state index in [1.165, 1.54) is 25.7 Å². The summed E-state index contributed by atoms with van der Waals surface area (Å²) in [4.78, 5) is 0. The van der Waals surface area contributed by atoms with E-state index in [9.17, 15) is 0 Å². The van der Waals surface area contributed by atoms with Gasteiger partial charge in [-0.15, -0.1) is 0 Å². The molecule has 0 aliphatic heterocycles. The Balaban J connectivity index is 2.38. The van der Waals surface area contributed by atoms with Crippen molar-refractivity contribution in [2.45, 2.75) is 32.1 Å². The first-order chi connectivity index (χ1) is 6.50. The Kier molecular flexibility index (Phi) is 5.87. The van der Waals surface area contributed by atoms with Crippen molar-refractivity contribution < 1.29 is 0 Å². The van der Waals surface area contributed by atoms with Gasteiger partial charge < -0.3 is 0 Å². The Morgan fingerprint density at radius 3 is 1.85 bits per heavy atom. The summed E-state index contributed by atoms with van der Waals surface area (Å²) in [5, 5.41) is 0. The van der Waals surface area contributed by atoms with Crippen LogP contribution in [0, 0.1) is 0 Å². The SMILES string of the molecule is C1=CCC/C=C\CCC/C=C/C=C\1. The number of hydrogen-bond acceptors (Lipinski definition) is 0. The highest BCUT2D eigenvalue weighted by Gasteiger charge is 1.81. The minimum atomic E-state index is 1.16. The fourth-order valence-electron chi connectivity index (χ4n) is 1.26. The molecule has 0 unspecified atom stereocenters. The lowest BCUT2D eigenvalue weighted by Crippen LogP contribution is -1.69. The Labute approximate surface area is 81.4 Å². The molecule has 0 saturated heterocycles. The van der Waals surface area contributed by atoms with Crippen molar-refractivity contribution in [3.63, 3.8) is 0 Å². The molecule has 13 heavy (non-hydrogen) atoms. The molecule has 0 heteroatoms. The predicted octanol–water partition coefficient (Wildman–Crippen LogP) is 4.18. The van der Waals surface area contributed by atoms with Gasteiger partial charge in [-0.1, -0.05) is 48.6 Å². The van der Waals surface area contributed by atoms with Gasteiger partial charge in [0.1, 0.15) is 0 Å². The van der Waals surface area contributed by atoms with Gasteiger partial charge in [-0.2, -0.15) is 0 Å². The summed E-state index contributed by atoms with van der Waals surface area (Å²) in [6, 6.07) is 0. The fourth-order valence-corrected chi connectivity index (χ4v) is 1.26. The van der Waals surface area contributed by atoms with Gasteiger partial charge in [0.25, 0.3) is 0 Å². The van der Waals surface area contributed by atoms with Crippen LogP contribution in [0.4, 0.5) is 0 Å². The van der Waals surface area contributed by atoms with E-state index in [4.69, 9.17) is 0 Å². The Hall–Kier alpha value is -1.04. The molecule has 0 spiro atoms. The molecule has 0 aromatic carbocycles. The van der Waals surface area contributed by atoms with Gasteiger partial charge in [0.2, 0.25) is 0 Å². The molecule has 0 aromatic rings. The normalized spacial score (nSPS) is 26.5. The van der Waals surface area contributed by atoms with Crippen LogP contribution in [0.2, 0.25) is 0 Å². The first-order valence-corrected chi connectivity index (χ1v) is 5.13.